The highest BCUT2D eigenvalue weighted by Crippen LogP contribution is 2.27. The minimum atomic E-state index is 0.637. The molecule has 1 heterocycles. The van der Waals surface area contributed by atoms with Gasteiger partial charge < -0.3 is 19.3 Å². The average molecular weight is 276 g/mol. The van der Waals surface area contributed by atoms with E-state index in [1.807, 2.05) is 0 Å². The number of unbranched alkanes of at least 4 members (excludes halogenated alkanes) is 1. The zero-order valence-corrected chi connectivity index (χ0v) is 12.5. The number of aldehydes is 1. The number of hydrogen-bond acceptors (Lipinski definition) is 4. The topological polar surface area (TPSA) is 32.8 Å². The Hall–Kier alpha value is -1.55. The average Bonchev–Trinajstić information content (AvgIpc) is 2.48. The standard InChI is InChI=1S/C16H24N2O2/c1-17(2)16-13-15(18-8-11-20-12-9-18)7-6-14(16)5-3-4-10-19/h6-7,10,13H,3-5,8-9,11-12H2,1-2H3. The molecule has 0 aromatic heterocycles. The Morgan fingerprint density at radius 3 is 2.70 bits per heavy atom. The van der Waals surface area contributed by atoms with Crippen molar-refractivity contribution in [2.45, 2.75) is 19.3 Å². The molecule has 1 aromatic carbocycles. The van der Waals surface area contributed by atoms with E-state index in [9.17, 15) is 4.79 Å². The van der Waals surface area contributed by atoms with Crippen molar-refractivity contribution in [1.29, 1.82) is 0 Å². The fourth-order valence-electron chi connectivity index (χ4n) is 2.57. The van der Waals surface area contributed by atoms with Crippen molar-refractivity contribution in [1.82, 2.24) is 0 Å². The van der Waals surface area contributed by atoms with Crippen molar-refractivity contribution in [2.24, 2.45) is 0 Å². The van der Waals surface area contributed by atoms with Gasteiger partial charge in [0.05, 0.1) is 13.2 Å². The first-order chi connectivity index (χ1) is 9.72. The normalized spacial score (nSPS) is 15.2. The Labute approximate surface area is 121 Å². The van der Waals surface area contributed by atoms with Crippen LogP contribution in [0.5, 0.6) is 0 Å². The molecule has 0 N–H and O–H groups in total. The lowest BCUT2D eigenvalue weighted by Gasteiger charge is -2.30. The van der Waals surface area contributed by atoms with Crippen molar-refractivity contribution in [3.05, 3.63) is 23.8 Å². The van der Waals surface area contributed by atoms with Gasteiger partial charge in [0.15, 0.2) is 0 Å². The van der Waals surface area contributed by atoms with Gasteiger partial charge in [-0.1, -0.05) is 6.07 Å². The summed E-state index contributed by atoms with van der Waals surface area (Å²) in [6.45, 7) is 3.52. The number of carbonyl (C=O) groups excluding carboxylic acids is 1. The van der Waals surface area contributed by atoms with E-state index in [4.69, 9.17) is 4.74 Å². The summed E-state index contributed by atoms with van der Waals surface area (Å²) < 4.78 is 5.40. The Balaban J connectivity index is 2.15. The van der Waals surface area contributed by atoms with E-state index in [-0.39, 0.29) is 0 Å². The number of benzene rings is 1. The van der Waals surface area contributed by atoms with Crippen molar-refractivity contribution in [2.75, 3.05) is 50.2 Å². The molecule has 1 aromatic rings. The summed E-state index contributed by atoms with van der Waals surface area (Å²) in [5.41, 5.74) is 3.82. The Morgan fingerprint density at radius 1 is 1.30 bits per heavy atom. The van der Waals surface area contributed by atoms with E-state index in [1.54, 1.807) is 0 Å². The van der Waals surface area contributed by atoms with Gasteiger partial charge in [0, 0.05) is 45.0 Å². The Bertz CT molecular complexity index is 440. The fraction of sp³-hybridized carbons (Fsp3) is 0.562. The molecular formula is C16H24N2O2. The van der Waals surface area contributed by atoms with E-state index in [0.29, 0.717) is 6.42 Å². The highest BCUT2D eigenvalue weighted by Gasteiger charge is 2.13. The lowest BCUT2D eigenvalue weighted by molar-refractivity contribution is -0.107. The van der Waals surface area contributed by atoms with Crippen LogP contribution in [-0.4, -0.2) is 46.7 Å². The van der Waals surface area contributed by atoms with Gasteiger partial charge in [-0.3, -0.25) is 0 Å². The summed E-state index contributed by atoms with van der Waals surface area (Å²) in [5, 5.41) is 0. The molecule has 2 rings (SSSR count). The van der Waals surface area contributed by atoms with E-state index >= 15 is 0 Å². The molecule has 1 fully saturated rings. The number of carbonyl (C=O) groups is 1. The monoisotopic (exact) mass is 276 g/mol. The second-order valence-corrected chi connectivity index (χ2v) is 5.37. The third kappa shape index (κ3) is 3.73. The third-order valence-electron chi connectivity index (χ3n) is 3.70. The molecule has 0 bridgehead atoms. The molecule has 20 heavy (non-hydrogen) atoms. The third-order valence-corrected chi connectivity index (χ3v) is 3.70. The molecule has 1 aliphatic heterocycles. The Kier molecular flexibility index (Phi) is 5.41. The summed E-state index contributed by atoms with van der Waals surface area (Å²) in [4.78, 5) is 15.0. The number of ether oxygens (including phenoxy) is 1. The minimum absolute atomic E-state index is 0.637. The van der Waals surface area contributed by atoms with Crippen LogP contribution >= 0.6 is 0 Å². The number of nitrogens with zero attached hydrogens (tertiary/aromatic N) is 2. The van der Waals surface area contributed by atoms with Gasteiger partial charge >= 0.3 is 0 Å². The molecule has 0 spiro atoms. The van der Waals surface area contributed by atoms with Crippen molar-refractivity contribution in [3.63, 3.8) is 0 Å². The number of hydrogen-bond donors (Lipinski definition) is 0. The van der Waals surface area contributed by atoms with Gasteiger partial charge in [-0.15, -0.1) is 0 Å². The van der Waals surface area contributed by atoms with Crippen LogP contribution in [0.2, 0.25) is 0 Å². The highest BCUT2D eigenvalue weighted by molar-refractivity contribution is 5.63. The largest absolute Gasteiger partial charge is 0.378 e. The van der Waals surface area contributed by atoms with Crippen LogP contribution in [0.15, 0.2) is 18.2 Å². The maximum Gasteiger partial charge on any atom is 0.120 e. The highest BCUT2D eigenvalue weighted by atomic mass is 16.5. The maximum absolute atomic E-state index is 10.4. The van der Waals surface area contributed by atoms with Gasteiger partial charge in [0.25, 0.3) is 0 Å². The molecule has 0 unspecified atom stereocenters. The smallest absolute Gasteiger partial charge is 0.120 e. The molecule has 0 saturated carbocycles. The van der Waals surface area contributed by atoms with Gasteiger partial charge in [-0.2, -0.15) is 0 Å². The number of morpholine rings is 1. The maximum atomic E-state index is 10.4. The van der Waals surface area contributed by atoms with Crippen LogP contribution < -0.4 is 9.80 Å². The molecule has 0 aliphatic carbocycles. The van der Waals surface area contributed by atoms with Gasteiger partial charge in [-0.25, -0.2) is 0 Å². The molecule has 0 radical (unpaired) electrons. The molecule has 4 heteroatoms. The van der Waals surface area contributed by atoms with Crippen molar-refractivity contribution >= 4 is 17.7 Å². The molecule has 4 nitrogen and oxygen atoms in total. The first-order valence-electron chi connectivity index (χ1n) is 7.29. The molecule has 110 valence electrons. The molecular weight excluding hydrogens is 252 g/mol. The quantitative estimate of drug-likeness (QED) is 0.588. The van der Waals surface area contributed by atoms with Gasteiger partial charge in [0.1, 0.15) is 6.29 Å². The number of rotatable bonds is 6. The summed E-state index contributed by atoms with van der Waals surface area (Å²) >= 11 is 0. The van der Waals surface area contributed by atoms with Crippen LogP contribution in [0, 0.1) is 0 Å². The van der Waals surface area contributed by atoms with E-state index in [0.717, 1.165) is 45.4 Å². The van der Waals surface area contributed by atoms with Gasteiger partial charge in [0.2, 0.25) is 0 Å². The first-order valence-corrected chi connectivity index (χ1v) is 7.29. The summed E-state index contributed by atoms with van der Waals surface area (Å²) in [7, 11) is 4.14. The zero-order chi connectivity index (χ0) is 14.4. The summed E-state index contributed by atoms with van der Waals surface area (Å²) in [6, 6.07) is 6.64. The minimum Gasteiger partial charge on any atom is -0.378 e. The first kappa shape index (κ1) is 14.9. The van der Waals surface area contributed by atoms with Crippen LogP contribution in [0.3, 0.4) is 0 Å². The molecule has 1 aliphatic rings. The second-order valence-electron chi connectivity index (χ2n) is 5.37. The fourth-order valence-corrected chi connectivity index (χ4v) is 2.57. The zero-order valence-electron chi connectivity index (χ0n) is 12.5. The molecule has 1 saturated heterocycles. The van der Waals surface area contributed by atoms with Crippen molar-refractivity contribution < 1.29 is 9.53 Å². The lowest BCUT2D eigenvalue weighted by Crippen LogP contribution is -2.36. The van der Waals surface area contributed by atoms with E-state index in [2.05, 4.69) is 42.1 Å². The Morgan fingerprint density at radius 2 is 2.05 bits per heavy atom. The number of aryl methyl sites for hydroxylation is 1. The summed E-state index contributed by atoms with van der Waals surface area (Å²) in [5.74, 6) is 0. The molecule has 0 atom stereocenters. The SMILES string of the molecule is CN(C)c1cc(N2CCOCC2)ccc1CCCC=O. The second kappa shape index (κ2) is 7.29. The van der Waals surface area contributed by atoms with Crippen LogP contribution in [0.25, 0.3) is 0 Å². The van der Waals surface area contributed by atoms with Crippen molar-refractivity contribution in [3.8, 4) is 0 Å². The predicted octanol–water partition coefficient (Wildman–Crippen LogP) is 2.11. The summed E-state index contributed by atoms with van der Waals surface area (Å²) in [6.07, 6.45) is 3.51. The van der Waals surface area contributed by atoms with Gasteiger partial charge in [-0.05, 0) is 30.5 Å². The van der Waals surface area contributed by atoms with Crippen LogP contribution in [0.1, 0.15) is 18.4 Å². The van der Waals surface area contributed by atoms with Crippen LogP contribution in [-0.2, 0) is 16.0 Å². The van der Waals surface area contributed by atoms with E-state index in [1.165, 1.54) is 16.9 Å². The van der Waals surface area contributed by atoms with Crippen LogP contribution in [0.4, 0.5) is 11.4 Å². The van der Waals surface area contributed by atoms with E-state index < -0.39 is 0 Å². The molecule has 0 amide bonds. The number of anilines is 2. The lowest BCUT2D eigenvalue weighted by atomic mass is 10.0. The predicted molar refractivity (Wildman–Crippen MR) is 82.8 cm³/mol.